The van der Waals surface area contributed by atoms with E-state index in [4.69, 9.17) is 0 Å². The van der Waals surface area contributed by atoms with Crippen molar-refractivity contribution in [3.05, 3.63) is 247 Å². The molecule has 3 rings (SSSR count). The minimum atomic E-state index is 0.112. The van der Waals surface area contributed by atoms with Crippen LogP contribution in [0.1, 0.15) is 59.9 Å². The molecule has 0 N–H and O–H groups in total. The summed E-state index contributed by atoms with van der Waals surface area (Å²) in [5.41, 5.74) is 9.23. The van der Waals surface area contributed by atoms with Gasteiger partial charge in [-0.25, -0.2) is 0 Å². The van der Waals surface area contributed by atoms with Crippen molar-refractivity contribution in [1.29, 1.82) is 0 Å². The molecule has 0 aliphatic heterocycles. The van der Waals surface area contributed by atoms with Gasteiger partial charge in [-0.05, 0) is 98.3 Å². The quantitative estimate of drug-likeness (QED) is 0.123. The van der Waals surface area contributed by atoms with Crippen molar-refractivity contribution >= 4 is 6.08 Å². The summed E-state index contributed by atoms with van der Waals surface area (Å²) in [6.07, 6.45) is 56.9. The Hall–Kier alpha value is -5.86. The fourth-order valence-electron chi connectivity index (χ4n) is 6.27. The number of hydrogen-bond acceptors (Lipinski definition) is 2. The molecule has 2 heteroatoms. The van der Waals surface area contributed by atoms with Gasteiger partial charge in [0.1, 0.15) is 0 Å². The second-order valence-corrected chi connectivity index (χ2v) is 13.4. The van der Waals surface area contributed by atoms with E-state index in [9.17, 15) is 0 Å². The zero-order valence-electron chi connectivity index (χ0n) is 34.1. The van der Waals surface area contributed by atoms with E-state index in [0.29, 0.717) is 0 Å². The summed E-state index contributed by atoms with van der Waals surface area (Å²) in [4.78, 5) is 4.54. The van der Waals surface area contributed by atoms with E-state index in [1.807, 2.05) is 37.3 Å². The van der Waals surface area contributed by atoms with E-state index in [1.165, 1.54) is 27.9 Å². The largest absolute Gasteiger partial charge is 0.345 e. The molecule has 0 aromatic heterocycles. The van der Waals surface area contributed by atoms with Crippen LogP contribution in [-0.2, 0) is 0 Å². The molecular formula is C53H62N2. The lowest BCUT2D eigenvalue weighted by Crippen LogP contribution is -2.36. The van der Waals surface area contributed by atoms with Gasteiger partial charge in [0, 0.05) is 35.8 Å². The van der Waals surface area contributed by atoms with Gasteiger partial charge in [-0.3, -0.25) is 0 Å². The fourth-order valence-corrected chi connectivity index (χ4v) is 6.27. The van der Waals surface area contributed by atoms with E-state index < -0.39 is 0 Å². The van der Waals surface area contributed by atoms with Crippen LogP contribution in [0, 0.1) is 5.92 Å². The van der Waals surface area contributed by atoms with Gasteiger partial charge in [-0.1, -0.05) is 185 Å². The number of allylic oxidation sites excluding steroid dienone is 25. The minimum absolute atomic E-state index is 0.112. The predicted octanol–water partition coefficient (Wildman–Crippen LogP) is 14.4. The molecule has 3 unspecified atom stereocenters. The third-order valence-corrected chi connectivity index (χ3v) is 9.53. The molecule has 2 aliphatic carbocycles. The summed E-state index contributed by atoms with van der Waals surface area (Å²) in [6, 6.07) is 10.7. The Balaban J connectivity index is 1.81. The molecule has 0 bridgehead atoms. The average Bonchev–Trinajstić information content (AvgIpc) is 3.20. The van der Waals surface area contributed by atoms with Gasteiger partial charge in [0.2, 0.25) is 0 Å². The number of rotatable bonds is 20. The van der Waals surface area contributed by atoms with Crippen LogP contribution in [0.25, 0.3) is 6.08 Å². The van der Waals surface area contributed by atoms with Crippen LogP contribution < -0.4 is 0 Å². The summed E-state index contributed by atoms with van der Waals surface area (Å²) in [6.45, 7) is 25.7. The average molecular weight is 727 g/mol. The van der Waals surface area contributed by atoms with Gasteiger partial charge in [-0.15, -0.1) is 0 Å². The Labute approximate surface area is 334 Å². The lowest BCUT2D eigenvalue weighted by Gasteiger charge is -2.36. The molecule has 0 radical (unpaired) electrons. The van der Waals surface area contributed by atoms with Crippen molar-refractivity contribution in [3.63, 3.8) is 0 Å². The van der Waals surface area contributed by atoms with E-state index in [0.717, 1.165) is 29.8 Å². The van der Waals surface area contributed by atoms with Gasteiger partial charge in [0.15, 0.2) is 0 Å². The molecule has 0 amide bonds. The third kappa shape index (κ3) is 14.5. The SMILES string of the molecule is C=C/C=C\C=C\N(C(=C)/C=C\C(=C)/C(=C/C=C(C)/C(=C/C=C(\C)N(/C=C/C=C\c1ccccc1)C(C)/C=C\C=C/C)CC)CC)C1C=CC=C2C=CC=CC21. The molecule has 1 aromatic carbocycles. The lowest BCUT2D eigenvalue weighted by molar-refractivity contribution is 0.356. The standard InChI is InChI=1S/C53H62N2/c1-10-14-16-24-42-55(53-34-26-32-51-31-21-22-33-52(51)53)47(9)37-35-43(5)49(12-3)39-36-44(6)50(13-4)40-38-46(8)54(45(7)27-18-15-11-2)41-25-23-30-48-28-19-17-20-29-48/h10-11,14-42,45,52-53H,1,5,9,12-13H2,2-4,6-8H3/b15-11-,16-14-,27-18-,30-23-,37-35-,41-25+,42-24+,44-36+,46-38+,49-39+,50-40+. The van der Waals surface area contributed by atoms with Crippen molar-refractivity contribution in [3.8, 4) is 0 Å². The second kappa shape index (κ2) is 24.5. The highest BCUT2D eigenvalue weighted by Crippen LogP contribution is 2.32. The van der Waals surface area contributed by atoms with Crippen molar-refractivity contribution < 1.29 is 0 Å². The van der Waals surface area contributed by atoms with Gasteiger partial charge >= 0.3 is 0 Å². The minimum Gasteiger partial charge on any atom is -0.345 e. The smallest absolute Gasteiger partial charge is 0.0622 e. The Bertz CT molecular complexity index is 1910. The Morgan fingerprint density at radius 1 is 0.782 bits per heavy atom. The lowest BCUT2D eigenvalue weighted by atomic mass is 9.83. The molecule has 284 valence electrons. The molecule has 0 heterocycles. The molecule has 0 spiro atoms. The molecule has 55 heavy (non-hydrogen) atoms. The van der Waals surface area contributed by atoms with Crippen molar-refractivity contribution in [2.75, 3.05) is 0 Å². The molecule has 0 fully saturated rings. The van der Waals surface area contributed by atoms with Crippen LogP contribution in [0.2, 0.25) is 0 Å². The van der Waals surface area contributed by atoms with Gasteiger partial charge in [0.25, 0.3) is 0 Å². The molecular weight excluding hydrogens is 665 g/mol. The summed E-state index contributed by atoms with van der Waals surface area (Å²) in [5.74, 6) is 0.250. The molecule has 0 saturated carbocycles. The maximum Gasteiger partial charge on any atom is 0.0622 e. The highest BCUT2D eigenvalue weighted by molar-refractivity contribution is 5.51. The van der Waals surface area contributed by atoms with Gasteiger partial charge in [-0.2, -0.15) is 0 Å². The zero-order valence-corrected chi connectivity index (χ0v) is 34.1. The normalized spacial score (nSPS) is 18.8. The van der Waals surface area contributed by atoms with Crippen molar-refractivity contribution in [2.45, 2.75) is 66.5 Å². The first-order valence-electron chi connectivity index (χ1n) is 19.5. The van der Waals surface area contributed by atoms with Crippen LogP contribution >= 0.6 is 0 Å². The molecule has 1 aromatic rings. The topological polar surface area (TPSA) is 6.48 Å². The summed E-state index contributed by atoms with van der Waals surface area (Å²) in [7, 11) is 0. The van der Waals surface area contributed by atoms with E-state index in [1.54, 1.807) is 6.08 Å². The highest BCUT2D eigenvalue weighted by atomic mass is 15.2. The number of fused-ring (bicyclic) bond motifs is 1. The molecule has 3 atom stereocenters. The van der Waals surface area contributed by atoms with Gasteiger partial charge in [0.05, 0.1) is 6.04 Å². The van der Waals surface area contributed by atoms with Crippen LogP contribution in [0.5, 0.6) is 0 Å². The number of benzene rings is 1. The van der Waals surface area contributed by atoms with E-state index in [2.05, 4.69) is 216 Å². The number of nitrogens with zero attached hydrogens (tertiary/aromatic N) is 2. The van der Waals surface area contributed by atoms with E-state index >= 15 is 0 Å². The molecule has 0 saturated heterocycles. The van der Waals surface area contributed by atoms with Crippen LogP contribution in [0.4, 0.5) is 0 Å². The second-order valence-electron chi connectivity index (χ2n) is 13.4. The maximum absolute atomic E-state index is 4.49. The summed E-state index contributed by atoms with van der Waals surface area (Å²) >= 11 is 0. The Morgan fingerprint density at radius 2 is 1.53 bits per heavy atom. The van der Waals surface area contributed by atoms with Crippen molar-refractivity contribution in [2.24, 2.45) is 5.92 Å². The Kier molecular flexibility index (Phi) is 19.4. The first-order chi connectivity index (χ1) is 26.7. The van der Waals surface area contributed by atoms with Crippen LogP contribution in [0.15, 0.2) is 241 Å². The highest BCUT2D eigenvalue weighted by Gasteiger charge is 2.27. The summed E-state index contributed by atoms with van der Waals surface area (Å²) < 4.78 is 0. The third-order valence-electron chi connectivity index (χ3n) is 9.53. The van der Waals surface area contributed by atoms with Crippen LogP contribution in [0.3, 0.4) is 0 Å². The first-order valence-corrected chi connectivity index (χ1v) is 19.5. The monoisotopic (exact) mass is 726 g/mol. The van der Waals surface area contributed by atoms with E-state index in [-0.39, 0.29) is 18.0 Å². The predicted molar refractivity (Wildman–Crippen MR) is 245 cm³/mol. The maximum atomic E-state index is 4.49. The Morgan fingerprint density at radius 3 is 2.25 bits per heavy atom. The van der Waals surface area contributed by atoms with Gasteiger partial charge < -0.3 is 9.80 Å². The van der Waals surface area contributed by atoms with Crippen LogP contribution in [-0.4, -0.2) is 21.9 Å². The summed E-state index contributed by atoms with van der Waals surface area (Å²) in [5, 5.41) is 0. The fraction of sp³-hybridized carbons (Fsp3) is 0.208. The molecule has 2 nitrogen and oxygen atoms in total. The van der Waals surface area contributed by atoms with Crippen molar-refractivity contribution in [1.82, 2.24) is 9.80 Å². The molecule has 2 aliphatic rings. The number of hydrogen-bond donors (Lipinski definition) is 0. The zero-order chi connectivity index (χ0) is 39.8. The first kappa shape index (κ1) is 43.5.